The minimum atomic E-state index is -0.486. The van der Waals surface area contributed by atoms with Crippen molar-refractivity contribution in [2.45, 2.75) is 20.5 Å². The van der Waals surface area contributed by atoms with E-state index in [1.807, 2.05) is 61.5 Å². The van der Waals surface area contributed by atoms with Gasteiger partial charge in [-0.1, -0.05) is 51.8 Å². The van der Waals surface area contributed by atoms with E-state index in [4.69, 9.17) is 14.2 Å². The first-order valence-electron chi connectivity index (χ1n) is 10.3. The van der Waals surface area contributed by atoms with E-state index < -0.39 is 5.97 Å². The summed E-state index contributed by atoms with van der Waals surface area (Å²) in [7, 11) is 0. The molecule has 0 N–H and O–H groups in total. The summed E-state index contributed by atoms with van der Waals surface area (Å²) in [4.78, 5) is 16.7. The molecule has 0 unspecified atom stereocenters. The first-order valence-corrected chi connectivity index (χ1v) is 11.0. The average molecular weight is 492 g/mol. The lowest BCUT2D eigenvalue weighted by Gasteiger charge is -2.13. The predicted molar refractivity (Wildman–Crippen MR) is 128 cm³/mol. The van der Waals surface area contributed by atoms with Crippen molar-refractivity contribution in [3.05, 3.63) is 99.2 Å². The fourth-order valence-corrected chi connectivity index (χ4v) is 3.51. The number of rotatable bonds is 7. The van der Waals surface area contributed by atoms with E-state index in [-0.39, 0.29) is 11.6 Å². The van der Waals surface area contributed by atoms with Gasteiger partial charge in [-0.05, 0) is 67.4 Å². The second kappa shape index (κ2) is 9.83. The molecule has 0 atom stereocenters. The average Bonchev–Trinajstić information content (AvgIpc) is 3.14. The van der Waals surface area contributed by atoms with Crippen molar-refractivity contribution in [2.24, 2.45) is 4.99 Å². The van der Waals surface area contributed by atoms with Crippen LogP contribution in [0.3, 0.4) is 0 Å². The third kappa shape index (κ3) is 5.26. The highest BCUT2D eigenvalue weighted by atomic mass is 79.9. The van der Waals surface area contributed by atoms with Crippen LogP contribution in [0, 0.1) is 6.92 Å². The molecule has 0 bridgehead atoms. The predicted octanol–water partition coefficient (Wildman–Crippen LogP) is 6.08. The number of aryl methyl sites for hydroxylation is 1. The molecule has 0 spiro atoms. The summed E-state index contributed by atoms with van der Waals surface area (Å²) in [6.45, 7) is 4.90. The van der Waals surface area contributed by atoms with Gasteiger partial charge < -0.3 is 14.2 Å². The summed E-state index contributed by atoms with van der Waals surface area (Å²) in [5, 5.41) is 0. The number of ether oxygens (including phenoxy) is 3. The smallest absolute Gasteiger partial charge is 0.363 e. The minimum Gasteiger partial charge on any atom is -0.490 e. The largest absolute Gasteiger partial charge is 0.490 e. The van der Waals surface area contributed by atoms with Gasteiger partial charge in [0, 0.05) is 10.0 Å². The monoisotopic (exact) mass is 491 g/mol. The first-order chi connectivity index (χ1) is 15.5. The molecule has 0 aromatic heterocycles. The molecule has 162 valence electrons. The zero-order valence-electron chi connectivity index (χ0n) is 17.8. The first kappa shape index (κ1) is 21.8. The van der Waals surface area contributed by atoms with Crippen molar-refractivity contribution in [2.75, 3.05) is 6.61 Å². The van der Waals surface area contributed by atoms with E-state index in [9.17, 15) is 4.79 Å². The van der Waals surface area contributed by atoms with Crippen LogP contribution in [-0.4, -0.2) is 18.5 Å². The molecule has 3 aromatic rings. The van der Waals surface area contributed by atoms with Gasteiger partial charge in [0.15, 0.2) is 17.2 Å². The van der Waals surface area contributed by atoms with Crippen LogP contribution < -0.4 is 9.47 Å². The molecule has 0 saturated heterocycles. The summed E-state index contributed by atoms with van der Waals surface area (Å²) in [6.07, 6.45) is 1.68. The lowest BCUT2D eigenvalue weighted by molar-refractivity contribution is -0.129. The number of cyclic esters (lactones) is 1. The third-order valence-electron chi connectivity index (χ3n) is 4.76. The van der Waals surface area contributed by atoms with Gasteiger partial charge in [-0.3, -0.25) is 0 Å². The molecule has 0 aliphatic carbocycles. The second-order valence-electron chi connectivity index (χ2n) is 7.26. The standard InChI is InChI=1S/C26H22BrNO4/c1-3-30-24-15-18(7-12-23(24)31-16-19-6-4-5-17(2)13-19)14-22-26(29)32-25(28-22)20-8-10-21(27)11-9-20/h4-15H,3,16H2,1-2H3/b22-14-. The summed E-state index contributed by atoms with van der Waals surface area (Å²) in [5.74, 6) is 1.05. The quantitative estimate of drug-likeness (QED) is 0.296. The number of hydrogen-bond acceptors (Lipinski definition) is 5. The fourth-order valence-electron chi connectivity index (χ4n) is 3.25. The van der Waals surface area contributed by atoms with Crippen LogP contribution in [0.1, 0.15) is 29.2 Å². The third-order valence-corrected chi connectivity index (χ3v) is 5.29. The number of aliphatic imine (C=N–C) groups is 1. The van der Waals surface area contributed by atoms with Crippen molar-refractivity contribution in [1.29, 1.82) is 0 Å². The zero-order valence-corrected chi connectivity index (χ0v) is 19.4. The van der Waals surface area contributed by atoms with Crippen LogP contribution in [-0.2, 0) is 16.1 Å². The molecule has 1 aliphatic rings. The normalized spacial score (nSPS) is 14.3. The summed E-state index contributed by atoms with van der Waals surface area (Å²) >= 11 is 3.39. The highest BCUT2D eigenvalue weighted by Crippen LogP contribution is 2.31. The van der Waals surface area contributed by atoms with E-state index >= 15 is 0 Å². The molecule has 32 heavy (non-hydrogen) atoms. The maximum atomic E-state index is 12.3. The topological polar surface area (TPSA) is 57.1 Å². The lowest BCUT2D eigenvalue weighted by Crippen LogP contribution is -2.05. The number of hydrogen-bond donors (Lipinski definition) is 0. The van der Waals surface area contributed by atoms with E-state index in [1.165, 1.54) is 5.56 Å². The molecular formula is C26H22BrNO4. The van der Waals surface area contributed by atoms with Crippen LogP contribution in [0.5, 0.6) is 11.5 Å². The Kier molecular flexibility index (Phi) is 6.71. The van der Waals surface area contributed by atoms with Gasteiger partial charge in [0.25, 0.3) is 0 Å². The molecule has 0 radical (unpaired) electrons. The molecule has 1 heterocycles. The van der Waals surface area contributed by atoms with Crippen molar-refractivity contribution in [3.63, 3.8) is 0 Å². The second-order valence-corrected chi connectivity index (χ2v) is 8.18. The molecule has 4 rings (SSSR count). The molecule has 3 aromatic carbocycles. The van der Waals surface area contributed by atoms with Crippen LogP contribution in [0.2, 0.25) is 0 Å². The van der Waals surface area contributed by atoms with Crippen molar-refractivity contribution >= 4 is 33.9 Å². The van der Waals surface area contributed by atoms with Gasteiger partial charge in [0.2, 0.25) is 5.90 Å². The van der Waals surface area contributed by atoms with Gasteiger partial charge in [0.1, 0.15) is 6.61 Å². The number of benzene rings is 3. The van der Waals surface area contributed by atoms with Gasteiger partial charge in [-0.2, -0.15) is 0 Å². The van der Waals surface area contributed by atoms with E-state index in [0.717, 1.165) is 21.2 Å². The van der Waals surface area contributed by atoms with Crippen LogP contribution in [0.4, 0.5) is 0 Å². The van der Waals surface area contributed by atoms with E-state index in [0.29, 0.717) is 24.7 Å². The Morgan fingerprint density at radius 2 is 1.81 bits per heavy atom. The fraction of sp³-hybridized carbons (Fsp3) is 0.154. The number of carbonyl (C=O) groups excluding carboxylic acids is 1. The Balaban J connectivity index is 1.55. The number of halogens is 1. The van der Waals surface area contributed by atoms with Crippen LogP contribution in [0.15, 0.2) is 81.9 Å². The maximum absolute atomic E-state index is 12.3. The number of nitrogens with zero attached hydrogens (tertiary/aromatic N) is 1. The Bertz CT molecular complexity index is 1200. The van der Waals surface area contributed by atoms with Gasteiger partial charge in [0.05, 0.1) is 6.61 Å². The molecule has 5 nitrogen and oxygen atoms in total. The minimum absolute atomic E-state index is 0.235. The highest BCUT2D eigenvalue weighted by molar-refractivity contribution is 9.10. The number of esters is 1. The van der Waals surface area contributed by atoms with Crippen molar-refractivity contribution < 1.29 is 19.0 Å². The Labute approximate surface area is 195 Å². The molecule has 0 amide bonds. The highest BCUT2D eigenvalue weighted by Gasteiger charge is 2.24. The van der Waals surface area contributed by atoms with Gasteiger partial charge in [-0.25, -0.2) is 9.79 Å². The SMILES string of the molecule is CCOc1cc(/C=C2\N=C(c3ccc(Br)cc3)OC2=O)ccc1OCc1cccc(C)c1. The molecular weight excluding hydrogens is 470 g/mol. The zero-order chi connectivity index (χ0) is 22.5. The molecule has 1 aliphatic heterocycles. The molecule has 6 heteroatoms. The Morgan fingerprint density at radius 1 is 1.00 bits per heavy atom. The molecule has 0 fully saturated rings. The van der Waals surface area contributed by atoms with E-state index in [1.54, 1.807) is 6.08 Å². The molecule has 0 saturated carbocycles. The Morgan fingerprint density at radius 3 is 2.56 bits per heavy atom. The maximum Gasteiger partial charge on any atom is 0.363 e. The summed E-state index contributed by atoms with van der Waals surface area (Å²) in [6, 6.07) is 21.1. The lowest BCUT2D eigenvalue weighted by atomic mass is 10.1. The van der Waals surface area contributed by atoms with Gasteiger partial charge in [-0.15, -0.1) is 0 Å². The van der Waals surface area contributed by atoms with Crippen molar-refractivity contribution in [1.82, 2.24) is 0 Å². The van der Waals surface area contributed by atoms with Crippen molar-refractivity contribution in [3.8, 4) is 11.5 Å². The van der Waals surface area contributed by atoms with Crippen LogP contribution >= 0.6 is 15.9 Å². The van der Waals surface area contributed by atoms with Crippen LogP contribution in [0.25, 0.3) is 6.08 Å². The van der Waals surface area contributed by atoms with Gasteiger partial charge >= 0.3 is 5.97 Å². The summed E-state index contributed by atoms with van der Waals surface area (Å²) in [5.41, 5.74) is 4.01. The number of carbonyl (C=O) groups is 1. The Hall–Kier alpha value is -3.38. The van der Waals surface area contributed by atoms with E-state index in [2.05, 4.69) is 40.0 Å². The summed E-state index contributed by atoms with van der Waals surface area (Å²) < 4.78 is 18.0.